The summed E-state index contributed by atoms with van der Waals surface area (Å²) in [5.41, 5.74) is 8.49. The van der Waals surface area contributed by atoms with Crippen LogP contribution in [-0.4, -0.2) is 30.1 Å². The van der Waals surface area contributed by atoms with Crippen LogP contribution in [0.1, 0.15) is 39.1 Å². The van der Waals surface area contributed by atoms with Crippen molar-refractivity contribution in [2.75, 3.05) is 6.54 Å². The number of nitrogens with two attached hydrogens (primary N) is 1. The summed E-state index contributed by atoms with van der Waals surface area (Å²) in [6.45, 7) is 7.98. The van der Waals surface area contributed by atoms with Gasteiger partial charge in [-0.25, -0.2) is 18.1 Å². The molecule has 0 aliphatic heterocycles. The van der Waals surface area contributed by atoms with Gasteiger partial charge in [-0.15, -0.1) is 0 Å². The predicted octanol–water partition coefficient (Wildman–Crippen LogP) is 3.82. The van der Waals surface area contributed by atoms with Gasteiger partial charge in [-0.05, 0) is 63.6 Å². The summed E-state index contributed by atoms with van der Waals surface area (Å²) in [4.78, 5) is 4.70. The second-order valence-electron chi connectivity index (χ2n) is 8.05. The Hall–Kier alpha value is -1.93. The van der Waals surface area contributed by atoms with Gasteiger partial charge in [0.2, 0.25) is 10.0 Å². The van der Waals surface area contributed by atoms with E-state index in [0.717, 1.165) is 23.4 Å². The molecule has 0 aliphatic carbocycles. The molecule has 0 atom stereocenters. The van der Waals surface area contributed by atoms with Crippen LogP contribution in [0.5, 0.6) is 0 Å². The molecule has 3 N–H and O–H groups in total. The van der Waals surface area contributed by atoms with Crippen molar-refractivity contribution in [3.8, 4) is 5.69 Å². The number of fused-ring (bicyclic) bond motifs is 1. The maximum absolute atomic E-state index is 12.8. The second kappa shape index (κ2) is 8.07. The summed E-state index contributed by atoms with van der Waals surface area (Å²) in [5.74, 6) is 0.834. The Morgan fingerprint density at radius 3 is 2.38 bits per heavy atom. The minimum absolute atomic E-state index is 0.0344. The molecular formula is C21H27ClN4O2S. The van der Waals surface area contributed by atoms with E-state index >= 15 is 0 Å². The molecule has 0 saturated heterocycles. The van der Waals surface area contributed by atoms with Crippen LogP contribution in [0.3, 0.4) is 0 Å². The predicted molar refractivity (Wildman–Crippen MR) is 118 cm³/mol. The summed E-state index contributed by atoms with van der Waals surface area (Å²) in [5, 5.41) is 0.165. The summed E-state index contributed by atoms with van der Waals surface area (Å²) in [7, 11) is -3.77. The molecular weight excluding hydrogens is 408 g/mol. The van der Waals surface area contributed by atoms with Crippen LogP contribution in [0.4, 0.5) is 0 Å². The van der Waals surface area contributed by atoms with Crippen molar-refractivity contribution in [3.05, 3.63) is 52.8 Å². The smallest absolute Gasteiger partial charge is 0.242 e. The van der Waals surface area contributed by atoms with Crippen LogP contribution < -0.4 is 10.5 Å². The average molecular weight is 435 g/mol. The lowest BCUT2D eigenvalue weighted by Crippen LogP contribution is -2.40. The monoisotopic (exact) mass is 434 g/mol. The molecule has 0 radical (unpaired) electrons. The molecule has 3 aromatic rings. The number of aromatic nitrogens is 2. The highest BCUT2D eigenvalue weighted by atomic mass is 35.5. The molecule has 1 aromatic heterocycles. The molecule has 0 amide bonds. The van der Waals surface area contributed by atoms with Gasteiger partial charge in [-0.3, -0.25) is 4.57 Å². The van der Waals surface area contributed by atoms with Gasteiger partial charge in [0.05, 0.1) is 16.1 Å². The van der Waals surface area contributed by atoms with Crippen LogP contribution in [0.15, 0.2) is 41.3 Å². The Kier molecular flexibility index (Phi) is 6.06. The summed E-state index contributed by atoms with van der Waals surface area (Å²) >= 11 is 6.42. The quantitative estimate of drug-likeness (QED) is 0.617. The van der Waals surface area contributed by atoms with Crippen molar-refractivity contribution >= 4 is 32.7 Å². The first-order chi connectivity index (χ1) is 13.6. The summed E-state index contributed by atoms with van der Waals surface area (Å²) in [6, 6.07) is 11.3. The van der Waals surface area contributed by atoms with E-state index in [1.165, 1.54) is 5.56 Å². The normalized spacial score (nSPS) is 12.6. The Labute approximate surface area is 177 Å². The van der Waals surface area contributed by atoms with E-state index in [1.54, 1.807) is 32.9 Å². The second-order valence-corrected chi connectivity index (χ2v) is 10.1. The van der Waals surface area contributed by atoms with E-state index in [2.05, 4.69) is 9.71 Å². The van der Waals surface area contributed by atoms with Crippen molar-refractivity contribution in [1.82, 2.24) is 14.3 Å². The number of nitrogens with one attached hydrogen (secondary N) is 1. The lowest BCUT2D eigenvalue weighted by Gasteiger charge is -2.20. The molecule has 8 heteroatoms. The number of imidazole rings is 1. The number of sulfonamides is 1. The lowest BCUT2D eigenvalue weighted by atomic mass is 10.1. The van der Waals surface area contributed by atoms with Crippen LogP contribution in [0, 0.1) is 0 Å². The third-order valence-corrected chi connectivity index (χ3v) is 6.67. The zero-order valence-corrected chi connectivity index (χ0v) is 18.7. The van der Waals surface area contributed by atoms with Gasteiger partial charge in [0, 0.05) is 17.6 Å². The van der Waals surface area contributed by atoms with E-state index < -0.39 is 15.6 Å². The maximum atomic E-state index is 12.8. The van der Waals surface area contributed by atoms with Crippen molar-refractivity contribution < 1.29 is 8.42 Å². The van der Waals surface area contributed by atoms with Crippen LogP contribution in [0.2, 0.25) is 5.02 Å². The van der Waals surface area contributed by atoms with Crippen molar-refractivity contribution in [2.24, 2.45) is 5.73 Å². The third kappa shape index (κ3) is 4.64. The molecule has 156 valence electrons. The molecule has 29 heavy (non-hydrogen) atoms. The molecule has 6 nitrogen and oxygen atoms in total. The fourth-order valence-electron chi connectivity index (χ4n) is 3.30. The molecule has 0 saturated carbocycles. The Morgan fingerprint density at radius 1 is 1.17 bits per heavy atom. The molecule has 0 bridgehead atoms. The number of hydrogen-bond donors (Lipinski definition) is 2. The number of benzene rings is 2. The zero-order chi connectivity index (χ0) is 21.4. The fourth-order valence-corrected chi connectivity index (χ4v) is 5.26. The largest absolute Gasteiger partial charge is 0.330 e. The Bertz CT molecular complexity index is 1130. The van der Waals surface area contributed by atoms with Gasteiger partial charge in [-0.1, -0.05) is 30.7 Å². The SMILES string of the molecule is CCc1nc2cc(S(=O)(=O)NC(C)(C)C)c(Cl)cc2n1-c1ccc(CCN)cc1. The van der Waals surface area contributed by atoms with Crippen LogP contribution in [0.25, 0.3) is 16.7 Å². The van der Waals surface area contributed by atoms with Crippen LogP contribution >= 0.6 is 11.6 Å². The topological polar surface area (TPSA) is 90.0 Å². The molecule has 1 heterocycles. The minimum Gasteiger partial charge on any atom is -0.330 e. The van der Waals surface area contributed by atoms with E-state index in [4.69, 9.17) is 17.3 Å². The van der Waals surface area contributed by atoms with Gasteiger partial charge < -0.3 is 5.73 Å². The van der Waals surface area contributed by atoms with E-state index in [9.17, 15) is 8.42 Å². The summed E-state index contributed by atoms with van der Waals surface area (Å²) in [6.07, 6.45) is 1.51. The number of nitrogens with zero attached hydrogens (tertiary/aromatic N) is 2. The Balaban J connectivity index is 2.15. The molecule has 2 aromatic carbocycles. The number of hydrogen-bond acceptors (Lipinski definition) is 4. The van der Waals surface area contributed by atoms with Gasteiger partial charge in [0.1, 0.15) is 10.7 Å². The fraction of sp³-hybridized carbons (Fsp3) is 0.381. The Morgan fingerprint density at radius 2 is 1.83 bits per heavy atom. The third-order valence-electron chi connectivity index (χ3n) is 4.45. The summed E-state index contributed by atoms with van der Waals surface area (Å²) < 4.78 is 30.3. The number of aryl methyl sites for hydroxylation is 1. The highest BCUT2D eigenvalue weighted by Gasteiger charge is 2.26. The van der Waals surface area contributed by atoms with Crippen molar-refractivity contribution in [2.45, 2.75) is 51.0 Å². The maximum Gasteiger partial charge on any atom is 0.242 e. The first-order valence-electron chi connectivity index (χ1n) is 9.60. The van der Waals surface area contributed by atoms with Gasteiger partial charge >= 0.3 is 0 Å². The van der Waals surface area contributed by atoms with Gasteiger partial charge in [0.15, 0.2) is 0 Å². The molecule has 0 spiro atoms. The molecule has 3 rings (SSSR count). The minimum atomic E-state index is -3.77. The van der Waals surface area contributed by atoms with Crippen molar-refractivity contribution in [3.63, 3.8) is 0 Å². The standard InChI is InChI=1S/C21H27ClN4O2S/c1-5-20-24-17-13-19(29(27,28)25-21(2,3)4)16(22)12-18(17)26(20)15-8-6-14(7-9-15)10-11-23/h6-9,12-13,25H,5,10-11,23H2,1-4H3. The number of halogens is 1. The van der Waals surface area contributed by atoms with E-state index in [0.29, 0.717) is 18.5 Å². The molecule has 0 unspecified atom stereocenters. The van der Waals surface area contributed by atoms with Gasteiger partial charge in [-0.2, -0.15) is 0 Å². The average Bonchev–Trinajstić information content (AvgIpc) is 2.97. The van der Waals surface area contributed by atoms with E-state index in [-0.39, 0.29) is 9.92 Å². The van der Waals surface area contributed by atoms with Gasteiger partial charge in [0.25, 0.3) is 0 Å². The van der Waals surface area contributed by atoms with Crippen LogP contribution in [-0.2, 0) is 22.9 Å². The van der Waals surface area contributed by atoms with E-state index in [1.807, 2.05) is 35.8 Å². The van der Waals surface area contributed by atoms with Crippen molar-refractivity contribution in [1.29, 1.82) is 0 Å². The number of rotatable bonds is 6. The zero-order valence-electron chi connectivity index (χ0n) is 17.2. The first-order valence-corrected chi connectivity index (χ1v) is 11.5. The highest BCUT2D eigenvalue weighted by Crippen LogP contribution is 2.31. The first kappa shape index (κ1) is 21.8. The molecule has 0 aliphatic rings. The lowest BCUT2D eigenvalue weighted by molar-refractivity contribution is 0.491. The molecule has 0 fully saturated rings. The highest BCUT2D eigenvalue weighted by molar-refractivity contribution is 7.89.